The molecule has 5 atom stereocenters. The molecule has 3 nitrogen and oxygen atoms in total. The van der Waals surface area contributed by atoms with E-state index in [0.29, 0.717) is 12.5 Å². The average molecular weight is 711 g/mol. The summed E-state index contributed by atoms with van der Waals surface area (Å²) in [5.74, 6) is 0.711. The lowest BCUT2D eigenvalue weighted by Gasteiger charge is -2.49. The largest absolute Gasteiger partial charge is 0.413 e. The topological polar surface area (TPSA) is 27.7 Å². The molecule has 0 N–H and O–H groups in total. The lowest BCUT2D eigenvalue weighted by Crippen LogP contribution is -2.67. The molecule has 0 aliphatic rings. The zero-order valence-electron chi connectivity index (χ0n) is 34.4. The predicted molar refractivity (Wildman–Crippen MR) is 219 cm³/mol. The van der Waals surface area contributed by atoms with Crippen LogP contribution in [0.1, 0.15) is 103 Å². The van der Waals surface area contributed by atoms with Gasteiger partial charge in [-0.2, -0.15) is 0 Å². The SMILES string of the molecule is C/C=C(\C)C[C@H](C)[C@H](O[Si](C)(C)C(C)(C)C)[C@@H](C)[C@@H](O[Si](C)(C)C(C)(C)C)[C@H](C)CO[Si](c1ccccc1)(c1ccccc1)C(C)(C)C. The van der Waals surface area contributed by atoms with Crippen molar-refractivity contribution in [3.63, 3.8) is 0 Å². The van der Waals surface area contributed by atoms with Gasteiger partial charge in [-0.1, -0.05) is 155 Å². The van der Waals surface area contributed by atoms with Gasteiger partial charge in [-0.05, 0) is 77.9 Å². The van der Waals surface area contributed by atoms with Crippen LogP contribution in [0.4, 0.5) is 0 Å². The maximum Gasteiger partial charge on any atom is 0.261 e. The number of hydrogen-bond donors (Lipinski definition) is 0. The minimum atomic E-state index is -2.70. The molecule has 0 heterocycles. The van der Waals surface area contributed by atoms with Gasteiger partial charge in [0.05, 0.1) is 12.2 Å². The molecule has 0 aliphatic heterocycles. The van der Waals surface area contributed by atoms with Gasteiger partial charge in [-0.15, -0.1) is 0 Å². The van der Waals surface area contributed by atoms with Crippen molar-refractivity contribution in [3.8, 4) is 0 Å². The van der Waals surface area contributed by atoms with Crippen molar-refractivity contribution in [1.29, 1.82) is 0 Å². The maximum atomic E-state index is 7.57. The van der Waals surface area contributed by atoms with Crippen LogP contribution in [-0.2, 0) is 13.3 Å². The van der Waals surface area contributed by atoms with Gasteiger partial charge >= 0.3 is 0 Å². The Morgan fingerprint density at radius 3 is 1.33 bits per heavy atom. The summed E-state index contributed by atoms with van der Waals surface area (Å²) in [5.41, 5.74) is 1.42. The molecule has 0 aromatic heterocycles. The fraction of sp³-hybridized carbons (Fsp3) is 0.667. The Kier molecular flexibility index (Phi) is 14.6. The van der Waals surface area contributed by atoms with Crippen LogP contribution in [0, 0.1) is 17.8 Å². The first-order chi connectivity index (χ1) is 21.8. The molecule has 0 saturated carbocycles. The molecule has 48 heavy (non-hydrogen) atoms. The van der Waals surface area contributed by atoms with E-state index in [1.54, 1.807) is 0 Å². The van der Waals surface area contributed by atoms with Crippen LogP contribution >= 0.6 is 0 Å². The molecule has 2 aromatic carbocycles. The van der Waals surface area contributed by atoms with Crippen molar-refractivity contribution in [2.45, 2.75) is 157 Å². The predicted octanol–water partition coefficient (Wildman–Crippen LogP) is 11.6. The molecule has 2 rings (SSSR count). The van der Waals surface area contributed by atoms with E-state index in [9.17, 15) is 0 Å². The molecule has 0 aliphatic carbocycles. The number of allylic oxidation sites excluding steroid dienone is 2. The summed E-state index contributed by atoms with van der Waals surface area (Å²) in [4.78, 5) is 0. The summed E-state index contributed by atoms with van der Waals surface area (Å²) in [6, 6.07) is 22.0. The molecule has 0 fully saturated rings. The summed E-state index contributed by atoms with van der Waals surface area (Å²) >= 11 is 0. The molecule has 0 amide bonds. The first-order valence-electron chi connectivity index (χ1n) is 18.5. The van der Waals surface area contributed by atoms with Crippen molar-refractivity contribution in [2.75, 3.05) is 6.61 Å². The summed E-state index contributed by atoms with van der Waals surface area (Å²) in [6.45, 7) is 43.1. The molecule has 6 heteroatoms. The Hall–Kier alpha value is -1.29. The van der Waals surface area contributed by atoms with E-state index in [2.05, 4.69) is 190 Å². The Morgan fingerprint density at radius 1 is 0.625 bits per heavy atom. The van der Waals surface area contributed by atoms with Crippen LogP contribution < -0.4 is 10.4 Å². The normalized spacial score (nSPS) is 17.5. The molecule has 0 spiro atoms. The van der Waals surface area contributed by atoms with Crippen LogP contribution in [-0.4, -0.2) is 43.8 Å². The van der Waals surface area contributed by atoms with E-state index in [0.717, 1.165) is 6.42 Å². The highest BCUT2D eigenvalue weighted by Crippen LogP contribution is 2.44. The van der Waals surface area contributed by atoms with E-state index in [4.69, 9.17) is 13.3 Å². The molecule has 0 radical (unpaired) electrons. The van der Waals surface area contributed by atoms with Gasteiger partial charge in [0.1, 0.15) is 0 Å². The van der Waals surface area contributed by atoms with Crippen molar-refractivity contribution < 1.29 is 13.3 Å². The minimum Gasteiger partial charge on any atom is -0.413 e. The highest BCUT2D eigenvalue weighted by molar-refractivity contribution is 6.99. The summed E-state index contributed by atoms with van der Waals surface area (Å²) in [7, 11) is -6.93. The van der Waals surface area contributed by atoms with Gasteiger partial charge in [-0.25, -0.2) is 0 Å². The standard InChI is InChI=1S/C42H74O3Si3/c1-19-32(2)30-33(3)38(44-46(15,16)40(6,7)8)35(5)39(45-47(17,18)41(9,10)11)34(4)31-43-48(42(12,13)14,36-26-22-20-23-27-36)37-28-24-21-25-29-37/h19-29,33-35,38-39H,30-31H2,1-18H3/b32-19+/t33-,34+,35+,38-,39-/m0/s1. The highest BCUT2D eigenvalue weighted by atomic mass is 28.4. The minimum absolute atomic E-state index is 0.00719. The molecule has 272 valence electrons. The number of rotatable bonds is 15. The molecule has 0 unspecified atom stereocenters. The van der Waals surface area contributed by atoms with Crippen LogP contribution in [0.5, 0.6) is 0 Å². The summed E-state index contributed by atoms with van der Waals surface area (Å²) in [5, 5.41) is 2.77. The second kappa shape index (κ2) is 16.4. The van der Waals surface area contributed by atoms with Crippen LogP contribution in [0.2, 0.25) is 41.3 Å². The Labute approximate surface area is 301 Å². The Balaban J connectivity index is 2.71. The quantitative estimate of drug-likeness (QED) is 0.136. The van der Waals surface area contributed by atoms with Gasteiger partial charge in [0.25, 0.3) is 8.32 Å². The van der Waals surface area contributed by atoms with Gasteiger partial charge in [0.2, 0.25) is 0 Å². The average Bonchev–Trinajstić information content (AvgIpc) is 2.97. The molecule has 2 aromatic rings. The lowest BCUT2D eigenvalue weighted by atomic mass is 9.82. The third-order valence-electron chi connectivity index (χ3n) is 11.7. The fourth-order valence-electron chi connectivity index (χ4n) is 6.56. The fourth-order valence-corrected chi connectivity index (χ4v) is 14.2. The van der Waals surface area contributed by atoms with E-state index in [-0.39, 0.29) is 39.2 Å². The van der Waals surface area contributed by atoms with Crippen LogP contribution in [0.15, 0.2) is 72.3 Å². The molecular weight excluding hydrogens is 637 g/mol. The van der Waals surface area contributed by atoms with Gasteiger partial charge < -0.3 is 13.3 Å². The van der Waals surface area contributed by atoms with Crippen molar-refractivity contribution in [3.05, 3.63) is 72.3 Å². The molecule has 0 saturated heterocycles. The van der Waals surface area contributed by atoms with Crippen molar-refractivity contribution in [1.82, 2.24) is 0 Å². The first kappa shape index (κ1) is 42.9. The monoisotopic (exact) mass is 710 g/mol. The molecule has 0 bridgehead atoms. The third-order valence-corrected chi connectivity index (χ3v) is 25.7. The summed E-state index contributed by atoms with van der Waals surface area (Å²) < 4.78 is 22.6. The van der Waals surface area contributed by atoms with E-state index >= 15 is 0 Å². The number of hydrogen-bond acceptors (Lipinski definition) is 3. The van der Waals surface area contributed by atoms with Crippen LogP contribution in [0.3, 0.4) is 0 Å². The lowest BCUT2D eigenvalue weighted by molar-refractivity contribution is -0.0243. The molecular formula is C42H74O3Si3. The van der Waals surface area contributed by atoms with Gasteiger partial charge in [0, 0.05) is 18.4 Å². The van der Waals surface area contributed by atoms with Crippen molar-refractivity contribution >= 4 is 35.3 Å². The van der Waals surface area contributed by atoms with Gasteiger partial charge in [0.15, 0.2) is 16.6 Å². The second-order valence-electron chi connectivity index (χ2n) is 18.8. The number of benzene rings is 2. The third kappa shape index (κ3) is 10.2. The van der Waals surface area contributed by atoms with Crippen molar-refractivity contribution in [2.24, 2.45) is 17.8 Å². The smallest absolute Gasteiger partial charge is 0.261 e. The van der Waals surface area contributed by atoms with E-state index < -0.39 is 25.0 Å². The van der Waals surface area contributed by atoms with E-state index in [1.807, 2.05) is 0 Å². The zero-order valence-corrected chi connectivity index (χ0v) is 37.4. The highest BCUT2D eigenvalue weighted by Gasteiger charge is 2.52. The van der Waals surface area contributed by atoms with Crippen LogP contribution in [0.25, 0.3) is 0 Å². The second-order valence-corrected chi connectivity index (χ2v) is 32.6. The summed E-state index contributed by atoms with van der Waals surface area (Å²) in [6.07, 6.45) is 3.35. The first-order valence-corrected chi connectivity index (χ1v) is 26.3. The Morgan fingerprint density at radius 2 is 1.00 bits per heavy atom. The Bertz CT molecular complexity index is 1240. The maximum absolute atomic E-state index is 7.57. The zero-order chi connectivity index (χ0) is 36.9. The van der Waals surface area contributed by atoms with Gasteiger partial charge in [-0.3, -0.25) is 0 Å². The van der Waals surface area contributed by atoms with E-state index in [1.165, 1.54) is 15.9 Å².